The van der Waals surface area contributed by atoms with Gasteiger partial charge in [0, 0.05) is 44.5 Å². The van der Waals surface area contributed by atoms with Crippen LogP contribution >= 0.6 is 0 Å². The van der Waals surface area contributed by atoms with E-state index in [1.54, 1.807) is 35.9 Å². The first-order chi connectivity index (χ1) is 24.1. The molecular weight excluding hydrogens is 636 g/mol. The number of fused-ring (bicyclic) bond motifs is 2. The number of esters is 1. The topological polar surface area (TPSA) is 120 Å². The maximum Gasteiger partial charge on any atom is 0.313 e. The van der Waals surface area contributed by atoms with Crippen molar-refractivity contribution in [2.45, 2.75) is 76.5 Å². The molecule has 11 nitrogen and oxygen atoms in total. The molecule has 5 bridgehead atoms. The third-order valence-electron chi connectivity index (χ3n) is 10.9. The van der Waals surface area contributed by atoms with Gasteiger partial charge in [0.25, 0.3) is 5.91 Å². The number of aliphatic hydroxyl groups is 1. The maximum atomic E-state index is 15.0. The Hall–Kier alpha value is -4.48. The molecule has 4 heterocycles. The Morgan fingerprint density at radius 1 is 0.980 bits per heavy atom. The first-order valence-corrected chi connectivity index (χ1v) is 17.7. The van der Waals surface area contributed by atoms with Crippen LogP contribution in [0.25, 0.3) is 0 Å². The minimum atomic E-state index is -1.44. The Labute approximate surface area is 294 Å². The molecule has 0 radical (unpaired) electrons. The largest absolute Gasteiger partial charge is 0.455 e. The van der Waals surface area contributed by atoms with E-state index >= 15 is 4.79 Å². The van der Waals surface area contributed by atoms with Crippen molar-refractivity contribution in [1.82, 2.24) is 9.80 Å². The monoisotopic (exact) mass is 684 g/mol. The van der Waals surface area contributed by atoms with Gasteiger partial charge >= 0.3 is 5.97 Å². The van der Waals surface area contributed by atoms with Gasteiger partial charge in [-0.25, -0.2) is 0 Å². The number of carbonyl (C=O) groups excluding carboxylic acids is 4. The molecule has 0 saturated carbocycles. The van der Waals surface area contributed by atoms with Gasteiger partial charge in [-0.15, -0.1) is 0 Å². The zero-order valence-corrected chi connectivity index (χ0v) is 29.5. The molecule has 0 aliphatic carbocycles. The highest BCUT2D eigenvalue weighted by molar-refractivity contribution is 6.05. The number of ether oxygens (including phenoxy) is 2. The van der Waals surface area contributed by atoms with Gasteiger partial charge in [0.15, 0.2) is 0 Å². The van der Waals surface area contributed by atoms with Crippen molar-refractivity contribution in [2.75, 3.05) is 43.1 Å². The summed E-state index contributed by atoms with van der Waals surface area (Å²) in [6.45, 7) is 9.15. The Morgan fingerprint density at radius 2 is 1.68 bits per heavy atom. The summed E-state index contributed by atoms with van der Waals surface area (Å²) in [7, 11) is 1.70. The minimum Gasteiger partial charge on any atom is -0.455 e. The fourth-order valence-electron chi connectivity index (χ4n) is 8.02. The van der Waals surface area contributed by atoms with Crippen LogP contribution in [-0.2, 0) is 28.7 Å². The fourth-order valence-corrected chi connectivity index (χ4v) is 8.02. The molecule has 2 aromatic carbocycles. The third-order valence-corrected chi connectivity index (χ3v) is 10.9. The van der Waals surface area contributed by atoms with Crippen LogP contribution in [0.5, 0.6) is 0 Å². The summed E-state index contributed by atoms with van der Waals surface area (Å²) in [6.07, 6.45) is 6.31. The van der Waals surface area contributed by atoms with Gasteiger partial charge < -0.3 is 34.2 Å². The first kappa shape index (κ1) is 35.3. The highest BCUT2D eigenvalue weighted by Crippen LogP contribution is 2.56. The van der Waals surface area contributed by atoms with Crippen LogP contribution in [0, 0.1) is 11.8 Å². The van der Waals surface area contributed by atoms with Gasteiger partial charge in [0.05, 0.1) is 30.7 Å². The van der Waals surface area contributed by atoms with Crippen molar-refractivity contribution in [3.8, 4) is 0 Å². The fraction of sp³-hybridized carbons (Fsp3) is 0.487. The van der Waals surface area contributed by atoms with Gasteiger partial charge in [-0.1, -0.05) is 54.6 Å². The number of cyclic esters (lactones) is 1. The molecule has 11 heteroatoms. The lowest BCUT2D eigenvalue weighted by Gasteiger charge is -2.38. The average Bonchev–Trinajstić information content (AvgIpc) is 3.79. The molecular formula is C39H48N4O7. The summed E-state index contributed by atoms with van der Waals surface area (Å²) in [5, 5.41) is 10.3. The van der Waals surface area contributed by atoms with Crippen molar-refractivity contribution in [3.63, 3.8) is 0 Å². The molecule has 2 saturated heterocycles. The van der Waals surface area contributed by atoms with E-state index in [1.165, 1.54) is 4.90 Å². The number of likely N-dealkylation sites (N-methyl/N-ethyl adjacent to an activating group) is 1. The van der Waals surface area contributed by atoms with Crippen LogP contribution in [-0.4, -0.2) is 102 Å². The summed E-state index contributed by atoms with van der Waals surface area (Å²) < 4.78 is 12.8. The molecule has 0 aromatic heterocycles. The summed E-state index contributed by atoms with van der Waals surface area (Å²) >= 11 is 0. The van der Waals surface area contributed by atoms with Crippen LogP contribution in [0.1, 0.15) is 52.2 Å². The van der Waals surface area contributed by atoms with E-state index in [0.717, 1.165) is 18.8 Å². The molecule has 2 aromatic rings. The minimum absolute atomic E-state index is 0.114. The second-order valence-electron chi connectivity index (χ2n) is 13.6. The van der Waals surface area contributed by atoms with Gasteiger partial charge in [-0.3, -0.25) is 19.2 Å². The highest BCUT2D eigenvalue weighted by Gasteiger charge is 2.74. The predicted octanol–water partition coefficient (Wildman–Crippen LogP) is 3.88. The zero-order valence-electron chi connectivity index (χ0n) is 29.5. The number of hydrogen-bond acceptors (Lipinski definition) is 8. The lowest BCUT2D eigenvalue weighted by Crippen LogP contribution is -2.58. The molecule has 50 heavy (non-hydrogen) atoms. The molecule has 3 amide bonds. The molecule has 1 N–H and O–H groups in total. The lowest BCUT2D eigenvalue weighted by molar-refractivity contribution is -0.164. The van der Waals surface area contributed by atoms with Crippen molar-refractivity contribution in [2.24, 2.45) is 11.8 Å². The highest BCUT2D eigenvalue weighted by atomic mass is 16.6. The quantitative estimate of drug-likeness (QED) is 0.345. The van der Waals surface area contributed by atoms with Crippen LogP contribution in [0.3, 0.4) is 0 Å². The van der Waals surface area contributed by atoms with Gasteiger partial charge in [-0.2, -0.15) is 0 Å². The number of allylic oxidation sites excluding steroid dienone is 1. The van der Waals surface area contributed by atoms with Crippen molar-refractivity contribution >= 4 is 35.1 Å². The molecule has 4 aliphatic rings. The normalized spacial score (nSPS) is 31.2. The number of hydrogen-bond donors (Lipinski definition) is 1. The van der Waals surface area contributed by atoms with Crippen molar-refractivity contribution < 1.29 is 33.8 Å². The van der Waals surface area contributed by atoms with Crippen LogP contribution in [0.15, 0.2) is 78.9 Å². The first-order valence-electron chi connectivity index (χ1n) is 17.7. The van der Waals surface area contributed by atoms with Crippen LogP contribution in [0.2, 0.25) is 0 Å². The number of amides is 3. The van der Waals surface area contributed by atoms with Crippen molar-refractivity contribution in [1.29, 1.82) is 0 Å². The summed E-state index contributed by atoms with van der Waals surface area (Å²) in [6, 6.07) is 14.6. The van der Waals surface area contributed by atoms with E-state index in [-0.39, 0.29) is 25.5 Å². The number of carbonyl (C=O) groups is 4. The molecule has 4 aliphatic heterocycles. The standard InChI is InChI=1S/C39H48N4O7/c1-6-41(7-2)28-17-19-29(20-18-28)42-23-13-9-12-16-31(45)40(5)26(4)34(27-14-10-8-11-15-27)49-38(48)32-30-21-22-39(50-30)33(32)36(46)43(25(3)24-44)35(39)37(42)47/h8-11,13-15,17-22,25-26,30,32-35,44H,6-7,12,16,23-24H2,1-5H3/b13-9-/t25-,26-,30+,32-,33-,34+,35+,39-/m1/s1. The van der Waals surface area contributed by atoms with Crippen LogP contribution in [0.4, 0.5) is 11.4 Å². The molecule has 8 atom stereocenters. The Bertz CT molecular complexity index is 1640. The van der Waals surface area contributed by atoms with E-state index in [1.807, 2.05) is 73.7 Å². The van der Waals surface area contributed by atoms with Gasteiger partial charge in [0.2, 0.25) is 11.8 Å². The maximum absolute atomic E-state index is 15.0. The molecule has 2 fully saturated rings. The SMILES string of the molecule is CCN(CC)c1ccc(N2C/C=C\CCC(=O)N(C)[C@H](C)[C@@H](c3ccccc3)OC(=O)[C@@H]3[C@@H]4C=C[C@]5(O4)[C@H](C2=O)N([C@H](C)CO)C(=O)[C@@H]35)cc1. The second-order valence-corrected chi connectivity index (χ2v) is 13.6. The van der Waals surface area contributed by atoms with Gasteiger partial charge in [-0.05, 0) is 63.9 Å². The average molecular weight is 685 g/mol. The molecule has 266 valence electrons. The van der Waals surface area contributed by atoms with Crippen molar-refractivity contribution in [3.05, 3.63) is 84.5 Å². The number of anilines is 2. The summed E-state index contributed by atoms with van der Waals surface area (Å²) in [4.78, 5) is 64.1. The Morgan fingerprint density at radius 3 is 2.34 bits per heavy atom. The molecule has 1 spiro atoms. The second kappa shape index (κ2) is 14.4. The van der Waals surface area contributed by atoms with E-state index in [9.17, 15) is 19.5 Å². The smallest absolute Gasteiger partial charge is 0.313 e. The number of benzene rings is 2. The van der Waals surface area contributed by atoms with E-state index < -0.39 is 65.6 Å². The summed E-state index contributed by atoms with van der Waals surface area (Å²) in [5.74, 6) is -3.66. The van der Waals surface area contributed by atoms with E-state index in [4.69, 9.17) is 9.47 Å². The Balaban J connectivity index is 1.45. The number of likely N-dealkylation sites (tertiary alicyclic amines) is 1. The third kappa shape index (κ3) is 6.00. The number of rotatable bonds is 7. The van der Waals surface area contributed by atoms with E-state index in [2.05, 4.69) is 18.7 Å². The number of aliphatic hydroxyl groups excluding tert-OH is 1. The molecule has 6 rings (SSSR count). The zero-order chi connectivity index (χ0) is 35.7. The van der Waals surface area contributed by atoms with Gasteiger partial charge in [0.1, 0.15) is 23.7 Å². The Kier molecular flexibility index (Phi) is 10.2. The lowest BCUT2D eigenvalue weighted by atomic mass is 9.74. The predicted molar refractivity (Wildman–Crippen MR) is 189 cm³/mol. The van der Waals surface area contributed by atoms with E-state index in [0.29, 0.717) is 17.7 Å². The number of nitrogens with zero attached hydrogens (tertiary/aromatic N) is 4. The van der Waals surface area contributed by atoms with Crippen LogP contribution < -0.4 is 9.80 Å². The summed E-state index contributed by atoms with van der Waals surface area (Å²) in [5.41, 5.74) is 0.915. The molecule has 0 unspecified atom stereocenters.